The van der Waals surface area contributed by atoms with Gasteiger partial charge in [0, 0.05) is 12.6 Å². The number of ether oxygens (including phenoxy) is 1. The Morgan fingerprint density at radius 3 is 2.30 bits per heavy atom. The number of methoxy groups -OCH3 is 1. The second-order valence-corrected chi connectivity index (χ2v) is 9.26. The molecule has 0 radical (unpaired) electrons. The average molecular weight is 419 g/mol. The summed E-state index contributed by atoms with van der Waals surface area (Å²) in [6, 6.07) is 7.47. The van der Waals surface area contributed by atoms with E-state index in [2.05, 4.69) is 18.6 Å². The highest BCUT2D eigenvalue weighted by molar-refractivity contribution is 7.90. The lowest BCUT2D eigenvalue weighted by Crippen LogP contribution is -2.45. The minimum atomic E-state index is -3.64. The molecule has 0 saturated heterocycles. The first kappa shape index (κ1) is 23.9. The minimum Gasteiger partial charge on any atom is -0.469 e. The fraction of sp³-hybridized carbons (Fsp3) is 0.632. The molecule has 0 aliphatic heterocycles. The van der Waals surface area contributed by atoms with Gasteiger partial charge in [0.1, 0.15) is 0 Å². The van der Waals surface area contributed by atoms with Crippen molar-refractivity contribution in [3.05, 3.63) is 35.4 Å². The predicted octanol–water partition coefficient (Wildman–Crippen LogP) is 2.88. The molecule has 8 heteroatoms. The van der Waals surface area contributed by atoms with Crippen LogP contribution in [0.15, 0.2) is 24.3 Å². The van der Waals surface area contributed by atoms with Gasteiger partial charge in [-0.15, -0.1) is 12.4 Å². The van der Waals surface area contributed by atoms with Crippen molar-refractivity contribution >= 4 is 28.4 Å². The Labute approximate surface area is 168 Å². The van der Waals surface area contributed by atoms with Crippen molar-refractivity contribution < 1.29 is 17.9 Å². The third kappa shape index (κ3) is 6.17. The van der Waals surface area contributed by atoms with Crippen LogP contribution in [0.2, 0.25) is 0 Å². The molecule has 3 atom stereocenters. The number of nitrogens with two attached hydrogens (primary N) is 1. The van der Waals surface area contributed by atoms with E-state index in [1.165, 1.54) is 12.7 Å². The molecule has 0 heterocycles. The summed E-state index contributed by atoms with van der Waals surface area (Å²) in [4.78, 5) is 11.9. The molecule has 154 valence electrons. The van der Waals surface area contributed by atoms with E-state index >= 15 is 0 Å². The van der Waals surface area contributed by atoms with Crippen molar-refractivity contribution in [2.45, 2.75) is 56.7 Å². The van der Waals surface area contributed by atoms with Gasteiger partial charge in [-0.2, -0.15) is 0 Å². The monoisotopic (exact) mass is 418 g/mol. The summed E-state index contributed by atoms with van der Waals surface area (Å²) in [6.07, 6.45) is 2.64. The van der Waals surface area contributed by atoms with Gasteiger partial charge in [0.05, 0.1) is 18.3 Å². The first-order valence-corrected chi connectivity index (χ1v) is 10.7. The molecule has 6 nitrogen and oxygen atoms in total. The number of esters is 1. The number of benzene rings is 1. The second-order valence-electron chi connectivity index (χ2n) is 7.27. The molecule has 0 aromatic heterocycles. The Morgan fingerprint density at radius 1 is 1.19 bits per heavy atom. The highest BCUT2D eigenvalue weighted by atomic mass is 35.5. The molecule has 1 aromatic carbocycles. The minimum absolute atomic E-state index is 0. The second kappa shape index (κ2) is 10.4. The Balaban J connectivity index is 0.00000364. The first-order valence-electron chi connectivity index (χ1n) is 9.18. The number of carbonyl (C=O) groups excluding carboxylic acids is 1. The summed E-state index contributed by atoms with van der Waals surface area (Å²) in [5.41, 5.74) is 8.25. The molecule has 0 bridgehead atoms. The highest BCUT2D eigenvalue weighted by Crippen LogP contribution is 2.30. The number of sulfonamides is 1. The fourth-order valence-electron chi connectivity index (χ4n) is 3.45. The van der Waals surface area contributed by atoms with E-state index in [1.807, 2.05) is 24.3 Å². The lowest BCUT2D eigenvalue weighted by Gasteiger charge is -2.29. The maximum Gasteiger partial charge on any atom is 0.310 e. The predicted molar refractivity (Wildman–Crippen MR) is 109 cm³/mol. The zero-order valence-electron chi connectivity index (χ0n) is 16.2. The molecule has 1 fully saturated rings. The third-order valence-electron chi connectivity index (χ3n) is 5.14. The topological polar surface area (TPSA) is 98.5 Å². The molecule has 3 unspecified atom stereocenters. The summed E-state index contributed by atoms with van der Waals surface area (Å²) in [5.74, 6) is -0.623. The van der Waals surface area contributed by atoms with Gasteiger partial charge < -0.3 is 10.5 Å². The molecule has 27 heavy (non-hydrogen) atoms. The SMILES string of the molecule is COC(=O)C1CCCCC1S(=O)(=O)NCC(N)c1ccc(C(C)C)cc1.Cl. The van der Waals surface area contributed by atoms with Crippen LogP contribution in [0, 0.1) is 5.92 Å². The Kier molecular flexibility index (Phi) is 9.21. The smallest absolute Gasteiger partial charge is 0.310 e. The lowest BCUT2D eigenvalue weighted by atomic mass is 9.89. The van der Waals surface area contributed by atoms with Crippen molar-refractivity contribution in [2.75, 3.05) is 13.7 Å². The lowest BCUT2D eigenvalue weighted by molar-refractivity contribution is -0.146. The Hall–Kier alpha value is -1.15. The Bertz CT molecular complexity index is 707. The van der Waals surface area contributed by atoms with Crippen LogP contribution in [-0.4, -0.2) is 33.3 Å². The average Bonchev–Trinajstić information content (AvgIpc) is 2.65. The van der Waals surface area contributed by atoms with E-state index < -0.39 is 33.2 Å². The zero-order valence-corrected chi connectivity index (χ0v) is 17.8. The largest absolute Gasteiger partial charge is 0.469 e. The number of hydrogen-bond acceptors (Lipinski definition) is 5. The molecule has 1 aromatic rings. The van der Waals surface area contributed by atoms with Crippen LogP contribution in [0.25, 0.3) is 0 Å². The van der Waals surface area contributed by atoms with Crippen molar-refractivity contribution in [3.8, 4) is 0 Å². The molecule has 1 saturated carbocycles. The van der Waals surface area contributed by atoms with Gasteiger partial charge >= 0.3 is 5.97 Å². The van der Waals surface area contributed by atoms with E-state index in [-0.39, 0.29) is 19.0 Å². The van der Waals surface area contributed by atoms with Crippen LogP contribution in [0.1, 0.15) is 62.6 Å². The molecule has 0 amide bonds. The van der Waals surface area contributed by atoms with Gasteiger partial charge in [0.25, 0.3) is 0 Å². The van der Waals surface area contributed by atoms with E-state index in [0.29, 0.717) is 18.8 Å². The maximum atomic E-state index is 12.7. The van der Waals surface area contributed by atoms with E-state index in [9.17, 15) is 13.2 Å². The number of rotatable bonds is 7. The van der Waals surface area contributed by atoms with Crippen molar-refractivity contribution in [1.29, 1.82) is 0 Å². The van der Waals surface area contributed by atoms with E-state index in [0.717, 1.165) is 18.4 Å². The van der Waals surface area contributed by atoms with Gasteiger partial charge in [-0.1, -0.05) is 51.0 Å². The number of nitrogens with one attached hydrogen (secondary N) is 1. The Morgan fingerprint density at radius 2 is 1.74 bits per heavy atom. The van der Waals surface area contributed by atoms with Crippen LogP contribution >= 0.6 is 12.4 Å². The quantitative estimate of drug-likeness (QED) is 0.663. The van der Waals surface area contributed by atoms with Gasteiger partial charge in [-0.3, -0.25) is 4.79 Å². The molecular formula is C19H31ClN2O4S. The van der Waals surface area contributed by atoms with E-state index in [1.54, 1.807) is 0 Å². The zero-order chi connectivity index (χ0) is 19.3. The van der Waals surface area contributed by atoms with E-state index in [4.69, 9.17) is 10.5 Å². The third-order valence-corrected chi connectivity index (χ3v) is 7.07. The maximum absolute atomic E-state index is 12.7. The van der Waals surface area contributed by atoms with Gasteiger partial charge in [-0.05, 0) is 29.9 Å². The van der Waals surface area contributed by atoms with Crippen LogP contribution in [0.4, 0.5) is 0 Å². The summed E-state index contributed by atoms with van der Waals surface area (Å²) in [7, 11) is -2.35. The molecule has 1 aliphatic carbocycles. The number of halogens is 1. The van der Waals surface area contributed by atoms with Crippen LogP contribution < -0.4 is 10.5 Å². The summed E-state index contributed by atoms with van der Waals surface area (Å²) in [5, 5.41) is -0.751. The first-order chi connectivity index (χ1) is 12.3. The van der Waals surface area contributed by atoms with Crippen LogP contribution in [-0.2, 0) is 19.6 Å². The molecule has 1 aliphatic rings. The van der Waals surface area contributed by atoms with Crippen molar-refractivity contribution in [3.63, 3.8) is 0 Å². The van der Waals surface area contributed by atoms with Crippen LogP contribution in [0.3, 0.4) is 0 Å². The molecular weight excluding hydrogens is 388 g/mol. The normalized spacial score (nSPS) is 21.4. The van der Waals surface area contributed by atoms with Gasteiger partial charge in [0.15, 0.2) is 0 Å². The number of hydrogen-bond donors (Lipinski definition) is 2. The molecule has 0 spiro atoms. The summed E-state index contributed by atoms with van der Waals surface area (Å²) < 4.78 is 32.8. The van der Waals surface area contributed by atoms with Gasteiger partial charge in [-0.25, -0.2) is 13.1 Å². The summed E-state index contributed by atoms with van der Waals surface area (Å²) >= 11 is 0. The van der Waals surface area contributed by atoms with Crippen LogP contribution in [0.5, 0.6) is 0 Å². The standard InChI is InChI=1S/C19H30N2O4S.ClH/c1-13(2)14-8-10-15(11-9-14)17(20)12-21-26(23,24)18-7-5-4-6-16(18)19(22)25-3;/h8-11,13,16-18,21H,4-7,12,20H2,1-3H3;1H. The molecule has 2 rings (SSSR count). The fourth-order valence-corrected chi connectivity index (χ4v) is 5.23. The summed E-state index contributed by atoms with van der Waals surface area (Å²) in [6.45, 7) is 4.34. The highest BCUT2D eigenvalue weighted by Gasteiger charge is 2.40. The van der Waals surface area contributed by atoms with Crippen molar-refractivity contribution in [2.24, 2.45) is 11.7 Å². The van der Waals surface area contributed by atoms with Crippen molar-refractivity contribution in [1.82, 2.24) is 4.72 Å². The van der Waals surface area contributed by atoms with Gasteiger partial charge in [0.2, 0.25) is 10.0 Å². The number of carbonyl (C=O) groups is 1. The molecule has 3 N–H and O–H groups in total.